The summed E-state index contributed by atoms with van der Waals surface area (Å²) in [4.78, 5) is -1.42. The number of phenols is 1. The summed E-state index contributed by atoms with van der Waals surface area (Å²) in [6.45, 7) is 5.30. The summed E-state index contributed by atoms with van der Waals surface area (Å²) in [6.07, 6.45) is 0. The smallest absolute Gasteiger partial charge is 0.277 e. The van der Waals surface area contributed by atoms with E-state index in [1.807, 2.05) is 0 Å². The van der Waals surface area contributed by atoms with Crippen molar-refractivity contribution in [2.75, 3.05) is 3.71 Å². The number of aryl methyl sites for hydroxylation is 3. The molecule has 0 heterocycles. The third kappa shape index (κ3) is 5.04. The summed E-state index contributed by atoms with van der Waals surface area (Å²) < 4.78 is 84.9. The summed E-state index contributed by atoms with van der Waals surface area (Å²) in [6, 6.07) is 24.0. The molecule has 0 unspecified atom stereocenters. The zero-order valence-electron chi connectivity index (χ0n) is 22.9. The largest absolute Gasteiger partial charge is 0.506 e. The SMILES string of the molecule is Cc1ccc(S(=O)(=O)c2cc(N(S(=O)(=O)c3ccc(C)cc3)S(=O)(=O)c3ccc(C)cc3)c3ccccc3c2O)cc1. The van der Waals surface area contributed by atoms with E-state index in [1.54, 1.807) is 32.9 Å². The number of hydrogen-bond acceptors (Lipinski definition) is 7. The third-order valence-electron chi connectivity index (χ3n) is 6.85. The molecule has 11 heteroatoms. The molecule has 0 fully saturated rings. The molecule has 8 nitrogen and oxygen atoms in total. The second-order valence-corrected chi connectivity index (χ2v) is 15.7. The van der Waals surface area contributed by atoms with Crippen LogP contribution in [-0.2, 0) is 29.9 Å². The lowest BCUT2D eigenvalue weighted by atomic mass is 10.1. The van der Waals surface area contributed by atoms with Crippen molar-refractivity contribution in [3.8, 4) is 5.75 Å². The van der Waals surface area contributed by atoms with Crippen molar-refractivity contribution < 1.29 is 30.4 Å². The fourth-order valence-electron chi connectivity index (χ4n) is 4.52. The Balaban J connectivity index is 1.90. The molecule has 0 amide bonds. The minimum atomic E-state index is -4.85. The van der Waals surface area contributed by atoms with Gasteiger partial charge in [0.15, 0.2) is 0 Å². The van der Waals surface area contributed by atoms with Crippen LogP contribution >= 0.6 is 0 Å². The average molecular weight is 622 g/mol. The number of nitrogens with zero attached hydrogens (tertiary/aromatic N) is 1. The molecule has 1 N–H and O–H groups in total. The average Bonchev–Trinajstić information content (AvgIpc) is 2.95. The Bertz CT molecular complexity index is 2060. The minimum absolute atomic E-state index is 0.0178. The zero-order chi connectivity index (χ0) is 30.4. The van der Waals surface area contributed by atoms with E-state index in [-0.39, 0.29) is 29.2 Å². The van der Waals surface area contributed by atoms with Crippen LogP contribution in [0.15, 0.2) is 123 Å². The van der Waals surface area contributed by atoms with Gasteiger partial charge in [-0.2, -0.15) is 3.71 Å². The topological polar surface area (TPSA) is 126 Å². The van der Waals surface area contributed by atoms with Gasteiger partial charge in [-0.15, -0.1) is 0 Å². The van der Waals surface area contributed by atoms with Crippen molar-refractivity contribution >= 4 is 46.3 Å². The molecule has 0 atom stereocenters. The minimum Gasteiger partial charge on any atom is -0.506 e. The van der Waals surface area contributed by atoms with E-state index >= 15 is 0 Å². The van der Waals surface area contributed by atoms with Crippen LogP contribution in [0, 0.1) is 20.8 Å². The first kappa shape index (κ1) is 29.3. The van der Waals surface area contributed by atoms with E-state index in [1.165, 1.54) is 84.9 Å². The van der Waals surface area contributed by atoms with Gasteiger partial charge in [0.25, 0.3) is 20.0 Å². The number of fused-ring (bicyclic) bond motifs is 1. The van der Waals surface area contributed by atoms with E-state index < -0.39 is 46.2 Å². The third-order valence-corrected chi connectivity index (χ3v) is 12.8. The molecule has 0 aliphatic rings. The van der Waals surface area contributed by atoms with Gasteiger partial charge < -0.3 is 5.11 Å². The molecule has 0 radical (unpaired) electrons. The molecule has 0 aliphatic carbocycles. The number of phenolic OH excluding ortho intramolecular Hbond substituents is 1. The number of hydrogen-bond donors (Lipinski definition) is 1. The van der Waals surface area contributed by atoms with Gasteiger partial charge in [-0.3, -0.25) is 0 Å². The van der Waals surface area contributed by atoms with Gasteiger partial charge in [-0.1, -0.05) is 77.4 Å². The van der Waals surface area contributed by atoms with Crippen LogP contribution in [0.5, 0.6) is 5.75 Å². The molecule has 0 aliphatic heterocycles. The highest BCUT2D eigenvalue weighted by atomic mass is 32.3. The van der Waals surface area contributed by atoms with Crippen molar-refractivity contribution in [3.05, 3.63) is 120 Å². The predicted molar refractivity (Wildman–Crippen MR) is 161 cm³/mol. The Morgan fingerprint density at radius 2 is 0.905 bits per heavy atom. The highest BCUT2D eigenvalue weighted by Gasteiger charge is 2.39. The van der Waals surface area contributed by atoms with E-state index in [4.69, 9.17) is 0 Å². The van der Waals surface area contributed by atoms with Gasteiger partial charge in [-0.05, 0) is 63.2 Å². The molecule has 216 valence electrons. The fraction of sp³-hybridized carbons (Fsp3) is 0.0968. The Morgan fingerprint density at radius 3 is 1.33 bits per heavy atom. The van der Waals surface area contributed by atoms with E-state index in [9.17, 15) is 30.4 Å². The lowest BCUT2D eigenvalue weighted by Crippen LogP contribution is -2.37. The van der Waals surface area contributed by atoms with Crippen molar-refractivity contribution in [2.24, 2.45) is 0 Å². The summed E-state index contributed by atoms with van der Waals surface area (Å²) >= 11 is 0. The molecular formula is C31H27NO7S3. The number of sulfonamides is 2. The van der Waals surface area contributed by atoms with Gasteiger partial charge in [0.2, 0.25) is 9.84 Å². The molecule has 42 heavy (non-hydrogen) atoms. The second kappa shape index (κ2) is 10.6. The van der Waals surface area contributed by atoms with Crippen molar-refractivity contribution in [1.29, 1.82) is 0 Å². The van der Waals surface area contributed by atoms with Crippen molar-refractivity contribution in [3.63, 3.8) is 0 Å². The van der Waals surface area contributed by atoms with E-state index in [0.29, 0.717) is 0 Å². The molecule has 0 spiro atoms. The molecule has 5 aromatic carbocycles. The molecule has 0 aromatic heterocycles. The fourth-order valence-corrected chi connectivity index (χ4v) is 9.61. The Hall–Kier alpha value is -4.19. The van der Waals surface area contributed by atoms with Gasteiger partial charge in [-0.25, -0.2) is 25.3 Å². The van der Waals surface area contributed by atoms with Crippen molar-refractivity contribution in [1.82, 2.24) is 0 Å². The van der Waals surface area contributed by atoms with Crippen LogP contribution in [0.1, 0.15) is 16.7 Å². The Labute approximate surface area is 245 Å². The van der Waals surface area contributed by atoms with E-state index in [2.05, 4.69) is 0 Å². The maximum Gasteiger partial charge on any atom is 0.277 e. The van der Waals surface area contributed by atoms with Gasteiger partial charge in [0.05, 0.1) is 20.4 Å². The zero-order valence-corrected chi connectivity index (χ0v) is 25.3. The van der Waals surface area contributed by atoms with Crippen LogP contribution in [0.25, 0.3) is 10.8 Å². The molecule has 5 rings (SSSR count). The lowest BCUT2D eigenvalue weighted by Gasteiger charge is -2.26. The molecule has 5 aromatic rings. The second-order valence-electron chi connectivity index (χ2n) is 9.94. The number of anilines is 1. The first-order valence-corrected chi connectivity index (χ1v) is 17.1. The molecule has 0 saturated carbocycles. The number of sulfone groups is 1. The summed E-state index contributed by atoms with van der Waals surface area (Å²) in [5, 5.41) is 11.2. The molecule has 0 saturated heterocycles. The van der Waals surface area contributed by atoms with Gasteiger partial charge in [0, 0.05) is 10.8 Å². The highest BCUT2D eigenvalue weighted by molar-refractivity contribution is 8.10. The Morgan fingerprint density at radius 1 is 0.524 bits per heavy atom. The monoisotopic (exact) mass is 621 g/mol. The van der Waals surface area contributed by atoms with Crippen LogP contribution in [-0.4, -0.2) is 30.4 Å². The first-order chi connectivity index (χ1) is 19.7. The quantitative estimate of drug-likeness (QED) is 0.240. The summed E-state index contributed by atoms with van der Waals surface area (Å²) in [5.74, 6) is -0.629. The normalized spacial score (nSPS) is 12.4. The van der Waals surface area contributed by atoms with Crippen LogP contribution in [0.4, 0.5) is 5.69 Å². The van der Waals surface area contributed by atoms with Gasteiger partial charge in [0.1, 0.15) is 10.6 Å². The lowest BCUT2D eigenvalue weighted by molar-refractivity contribution is 0.465. The first-order valence-electron chi connectivity index (χ1n) is 12.7. The number of rotatable bonds is 7. The Kier molecular flexibility index (Phi) is 7.38. The maximum atomic E-state index is 14.3. The van der Waals surface area contributed by atoms with Crippen LogP contribution in [0.3, 0.4) is 0 Å². The van der Waals surface area contributed by atoms with Crippen LogP contribution < -0.4 is 3.71 Å². The molecule has 0 bridgehead atoms. The van der Waals surface area contributed by atoms with Crippen molar-refractivity contribution in [2.45, 2.75) is 40.4 Å². The maximum absolute atomic E-state index is 14.3. The predicted octanol–water partition coefficient (Wildman–Crippen LogP) is 5.89. The van der Waals surface area contributed by atoms with Gasteiger partial charge >= 0.3 is 0 Å². The standard InChI is InChI=1S/C31H27NO7S3/c1-21-8-14-24(15-9-21)40(34,35)30-20-29(27-6-4-5-7-28(27)31(30)33)32(41(36,37)25-16-10-22(2)11-17-25)42(38,39)26-18-12-23(3)13-19-26/h4-20,33H,1-3H3. The summed E-state index contributed by atoms with van der Waals surface area (Å²) in [7, 11) is -14.1. The molecular weight excluding hydrogens is 595 g/mol. The summed E-state index contributed by atoms with van der Waals surface area (Å²) in [5.41, 5.74) is 1.86. The van der Waals surface area contributed by atoms with E-state index in [0.717, 1.165) is 22.8 Å². The highest BCUT2D eigenvalue weighted by Crippen LogP contribution is 2.44. The van der Waals surface area contributed by atoms with Crippen LogP contribution in [0.2, 0.25) is 0 Å². The number of benzene rings is 5. The number of aromatic hydroxyl groups is 1.